The van der Waals surface area contributed by atoms with Crippen LogP contribution < -0.4 is 20.3 Å². The molecular formula is C22H21N5O4. The van der Waals surface area contributed by atoms with Gasteiger partial charge in [-0.3, -0.25) is 9.59 Å². The van der Waals surface area contributed by atoms with Crippen molar-refractivity contribution in [1.82, 2.24) is 20.0 Å². The summed E-state index contributed by atoms with van der Waals surface area (Å²) < 4.78 is 12.8. The van der Waals surface area contributed by atoms with Crippen LogP contribution in [0.25, 0.3) is 5.82 Å². The predicted molar refractivity (Wildman–Crippen MR) is 114 cm³/mol. The molecular weight excluding hydrogens is 398 g/mol. The molecule has 9 nitrogen and oxygen atoms in total. The molecule has 4 rings (SSSR count). The molecule has 1 unspecified atom stereocenters. The van der Waals surface area contributed by atoms with E-state index in [1.54, 1.807) is 12.1 Å². The number of carbonyl (C=O) groups is 1. The van der Waals surface area contributed by atoms with Crippen LogP contribution in [0, 0.1) is 19.3 Å². The molecule has 3 aromatic rings. The van der Waals surface area contributed by atoms with Crippen molar-refractivity contribution in [3.8, 4) is 29.7 Å². The molecule has 1 aromatic carbocycles. The van der Waals surface area contributed by atoms with Crippen molar-refractivity contribution in [3.63, 3.8) is 0 Å². The van der Waals surface area contributed by atoms with Crippen molar-refractivity contribution in [2.45, 2.75) is 26.2 Å². The number of terminal acetylenes is 1. The molecule has 1 atom stereocenters. The molecule has 2 aromatic heterocycles. The van der Waals surface area contributed by atoms with Crippen LogP contribution in [0.15, 0.2) is 35.1 Å². The normalized spacial score (nSPS) is 15.0. The molecule has 2 N–H and O–H groups in total. The van der Waals surface area contributed by atoms with Crippen molar-refractivity contribution in [1.29, 1.82) is 0 Å². The quantitative estimate of drug-likeness (QED) is 0.593. The first kappa shape index (κ1) is 20.2. The number of nitrogens with one attached hydrogen (secondary N) is 2. The zero-order valence-corrected chi connectivity index (χ0v) is 17.1. The van der Waals surface area contributed by atoms with Gasteiger partial charge in [-0.05, 0) is 37.6 Å². The topological polar surface area (TPSA) is 111 Å². The zero-order chi connectivity index (χ0) is 22.0. The number of hydrogen-bond donors (Lipinski definition) is 2. The van der Waals surface area contributed by atoms with E-state index in [9.17, 15) is 9.59 Å². The first-order valence-electron chi connectivity index (χ1n) is 9.80. The number of benzene rings is 1. The molecule has 0 saturated carbocycles. The van der Waals surface area contributed by atoms with E-state index < -0.39 is 0 Å². The van der Waals surface area contributed by atoms with Crippen molar-refractivity contribution in [3.05, 3.63) is 57.5 Å². The van der Waals surface area contributed by atoms with Gasteiger partial charge in [0, 0.05) is 24.0 Å². The van der Waals surface area contributed by atoms with Gasteiger partial charge in [0.25, 0.3) is 5.56 Å². The van der Waals surface area contributed by atoms with E-state index in [1.807, 2.05) is 26.0 Å². The summed E-state index contributed by atoms with van der Waals surface area (Å²) in [6.45, 7) is 4.35. The third-order valence-corrected chi connectivity index (χ3v) is 4.96. The van der Waals surface area contributed by atoms with Gasteiger partial charge in [-0.15, -0.1) is 6.42 Å². The van der Waals surface area contributed by atoms with Crippen LogP contribution in [0.4, 0.5) is 5.82 Å². The van der Waals surface area contributed by atoms with Crippen LogP contribution in [0.5, 0.6) is 11.5 Å². The lowest BCUT2D eigenvalue weighted by Crippen LogP contribution is -2.25. The van der Waals surface area contributed by atoms with E-state index in [0.29, 0.717) is 29.7 Å². The number of fused-ring (bicyclic) bond motifs is 1. The minimum Gasteiger partial charge on any atom is -0.490 e. The number of carbonyl (C=O) groups excluding carboxylic acids is 1. The van der Waals surface area contributed by atoms with Crippen LogP contribution in [-0.4, -0.2) is 39.1 Å². The highest BCUT2D eigenvalue weighted by Gasteiger charge is 2.33. The molecule has 0 radical (unpaired) electrons. The Hall–Kier alpha value is -4.06. The van der Waals surface area contributed by atoms with Crippen molar-refractivity contribution in [2.24, 2.45) is 0 Å². The fourth-order valence-electron chi connectivity index (χ4n) is 3.70. The Labute approximate surface area is 178 Å². The summed E-state index contributed by atoms with van der Waals surface area (Å²) in [5.74, 6) is 4.11. The molecule has 0 bridgehead atoms. The number of aromatic nitrogens is 4. The van der Waals surface area contributed by atoms with Gasteiger partial charge >= 0.3 is 0 Å². The molecule has 31 heavy (non-hydrogen) atoms. The summed E-state index contributed by atoms with van der Waals surface area (Å²) in [7, 11) is 0. The number of ether oxygens (including phenoxy) is 2. The maximum Gasteiger partial charge on any atom is 0.264 e. The summed E-state index contributed by atoms with van der Waals surface area (Å²) in [6.07, 6.45) is 5.56. The highest BCUT2D eigenvalue weighted by Crippen LogP contribution is 2.42. The third kappa shape index (κ3) is 3.88. The molecule has 3 heterocycles. The van der Waals surface area contributed by atoms with E-state index in [1.165, 1.54) is 10.7 Å². The summed E-state index contributed by atoms with van der Waals surface area (Å²) >= 11 is 0. The molecule has 0 saturated heterocycles. The number of nitrogens with zero attached hydrogens (tertiary/aromatic N) is 3. The first-order chi connectivity index (χ1) is 15.0. The smallest absolute Gasteiger partial charge is 0.264 e. The molecule has 1 aliphatic heterocycles. The van der Waals surface area contributed by atoms with E-state index in [4.69, 9.17) is 15.9 Å². The number of amides is 1. The molecule has 1 aliphatic rings. The number of anilines is 1. The average Bonchev–Trinajstić information content (AvgIpc) is 3.09. The average molecular weight is 419 g/mol. The fraction of sp³-hybridized carbons (Fsp3) is 0.273. The monoisotopic (exact) mass is 419 g/mol. The first-order valence-corrected chi connectivity index (χ1v) is 9.80. The Morgan fingerprint density at radius 3 is 2.77 bits per heavy atom. The summed E-state index contributed by atoms with van der Waals surface area (Å²) in [5.41, 5.74) is 2.20. The van der Waals surface area contributed by atoms with Crippen LogP contribution >= 0.6 is 0 Å². The Morgan fingerprint density at radius 1 is 1.23 bits per heavy atom. The van der Waals surface area contributed by atoms with Gasteiger partial charge in [-0.2, -0.15) is 14.9 Å². The number of hydrogen-bond acceptors (Lipinski definition) is 6. The maximum absolute atomic E-state index is 12.6. The highest BCUT2D eigenvalue weighted by atomic mass is 16.5. The molecule has 9 heteroatoms. The standard InChI is InChI=1S/C22H21N5O4/c1-4-10-31-16-7-6-14(11-17(16)30-5-2)15-12-20(29)23-22-21(15)13(3)26-27(22)18-8-9-19(28)25-24-18/h1,6-9,11,15H,5,10,12H2,2-3H3,(H,23,29)(H,25,28). The van der Waals surface area contributed by atoms with Gasteiger partial charge in [0.15, 0.2) is 17.3 Å². The van der Waals surface area contributed by atoms with Crippen LogP contribution in [-0.2, 0) is 4.79 Å². The lowest BCUT2D eigenvalue weighted by atomic mass is 9.85. The second-order valence-corrected chi connectivity index (χ2v) is 6.98. The van der Waals surface area contributed by atoms with Crippen molar-refractivity contribution in [2.75, 3.05) is 18.5 Å². The molecule has 0 aliphatic carbocycles. The van der Waals surface area contributed by atoms with Gasteiger partial charge in [0.2, 0.25) is 5.91 Å². The zero-order valence-electron chi connectivity index (χ0n) is 17.1. The summed E-state index contributed by atoms with van der Waals surface area (Å²) in [4.78, 5) is 23.9. The van der Waals surface area contributed by atoms with Crippen LogP contribution in [0.3, 0.4) is 0 Å². The van der Waals surface area contributed by atoms with E-state index in [0.717, 1.165) is 16.8 Å². The largest absolute Gasteiger partial charge is 0.490 e. The Kier molecular flexibility index (Phi) is 5.45. The number of aryl methyl sites for hydroxylation is 1. The highest BCUT2D eigenvalue weighted by molar-refractivity contribution is 5.95. The van der Waals surface area contributed by atoms with Gasteiger partial charge in [0.1, 0.15) is 12.4 Å². The Balaban J connectivity index is 1.79. The number of rotatable bonds is 6. The number of H-pyrrole nitrogens is 1. The number of aromatic amines is 1. The summed E-state index contributed by atoms with van der Waals surface area (Å²) in [6, 6.07) is 8.48. The SMILES string of the molecule is C#CCOc1ccc(C2CC(=O)Nc3c2c(C)nn3-c2ccc(=O)[nH]n2)cc1OCC. The van der Waals surface area contributed by atoms with Gasteiger partial charge in [-0.25, -0.2) is 5.10 Å². The van der Waals surface area contributed by atoms with E-state index in [2.05, 4.69) is 26.5 Å². The molecule has 1 amide bonds. The van der Waals surface area contributed by atoms with Gasteiger partial charge in [0.05, 0.1) is 12.3 Å². The second kappa shape index (κ2) is 8.36. The molecule has 0 spiro atoms. The van der Waals surface area contributed by atoms with Crippen LogP contribution in [0.2, 0.25) is 0 Å². The van der Waals surface area contributed by atoms with E-state index in [-0.39, 0.29) is 30.4 Å². The van der Waals surface area contributed by atoms with Gasteiger partial charge in [-0.1, -0.05) is 12.0 Å². The van der Waals surface area contributed by atoms with Crippen molar-refractivity contribution >= 4 is 11.7 Å². The maximum atomic E-state index is 12.6. The second-order valence-electron chi connectivity index (χ2n) is 6.98. The fourth-order valence-corrected chi connectivity index (χ4v) is 3.70. The minimum absolute atomic E-state index is 0.132. The predicted octanol–water partition coefficient (Wildman–Crippen LogP) is 2.15. The lowest BCUT2D eigenvalue weighted by Gasteiger charge is -2.25. The molecule has 158 valence electrons. The minimum atomic E-state index is -0.320. The Bertz CT molecular complexity index is 1220. The Morgan fingerprint density at radius 2 is 2.06 bits per heavy atom. The summed E-state index contributed by atoms with van der Waals surface area (Å²) in [5, 5.41) is 13.9. The van der Waals surface area contributed by atoms with E-state index >= 15 is 0 Å². The van der Waals surface area contributed by atoms with Gasteiger partial charge < -0.3 is 14.8 Å². The third-order valence-electron chi connectivity index (χ3n) is 4.96. The molecule has 0 fully saturated rings. The van der Waals surface area contributed by atoms with Crippen molar-refractivity contribution < 1.29 is 14.3 Å². The van der Waals surface area contributed by atoms with Crippen LogP contribution in [0.1, 0.15) is 36.1 Å². The lowest BCUT2D eigenvalue weighted by molar-refractivity contribution is -0.116.